The van der Waals surface area contributed by atoms with Crippen molar-refractivity contribution in [2.24, 2.45) is 5.73 Å². The van der Waals surface area contributed by atoms with Crippen LogP contribution in [-0.2, 0) is 6.54 Å². The van der Waals surface area contributed by atoms with Crippen LogP contribution in [0.4, 0.5) is 4.39 Å². The summed E-state index contributed by atoms with van der Waals surface area (Å²) in [6.45, 7) is 2.03. The van der Waals surface area contributed by atoms with Gasteiger partial charge in [0.2, 0.25) is 0 Å². The molecular formula is C8H9ClFN. The number of halogens is 2. The van der Waals surface area contributed by atoms with Crippen LogP contribution in [-0.4, -0.2) is 0 Å². The van der Waals surface area contributed by atoms with Crippen molar-refractivity contribution in [3.05, 3.63) is 34.1 Å². The summed E-state index contributed by atoms with van der Waals surface area (Å²) in [5.41, 5.74) is 6.72. The van der Waals surface area contributed by atoms with Crippen molar-refractivity contribution in [3.63, 3.8) is 0 Å². The van der Waals surface area contributed by atoms with E-state index in [2.05, 4.69) is 0 Å². The second kappa shape index (κ2) is 3.20. The molecule has 0 aliphatic rings. The van der Waals surface area contributed by atoms with Gasteiger partial charge < -0.3 is 5.73 Å². The molecule has 0 aromatic heterocycles. The Bertz CT molecular complexity index is 273. The maximum absolute atomic E-state index is 12.7. The zero-order chi connectivity index (χ0) is 8.43. The summed E-state index contributed by atoms with van der Waals surface area (Å²) in [6, 6.07) is 2.75. The topological polar surface area (TPSA) is 26.0 Å². The molecule has 1 aromatic carbocycles. The number of hydrogen-bond acceptors (Lipinski definition) is 1. The van der Waals surface area contributed by atoms with Crippen LogP contribution >= 0.6 is 11.6 Å². The molecule has 1 aromatic rings. The molecule has 0 bridgehead atoms. The molecule has 11 heavy (non-hydrogen) atoms. The van der Waals surface area contributed by atoms with Gasteiger partial charge in [-0.25, -0.2) is 4.39 Å². The summed E-state index contributed by atoms with van der Waals surface area (Å²) in [5.74, 6) is -0.285. The fraction of sp³-hybridized carbons (Fsp3) is 0.250. The van der Waals surface area contributed by atoms with E-state index >= 15 is 0 Å². The van der Waals surface area contributed by atoms with E-state index in [0.717, 1.165) is 5.56 Å². The molecule has 0 fully saturated rings. The van der Waals surface area contributed by atoms with E-state index in [1.807, 2.05) is 0 Å². The van der Waals surface area contributed by atoms with E-state index in [1.165, 1.54) is 12.1 Å². The number of benzene rings is 1. The van der Waals surface area contributed by atoms with Gasteiger partial charge in [0.25, 0.3) is 0 Å². The highest BCUT2D eigenvalue weighted by Crippen LogP contribution is 2.21. The molecule has 0 aliphatic carbocycles. The first kappa shape index (κ1) is 8.50. The fourth-order valence-corrected chi connectivity index (χ4v) is 1.13. The molecule has 60 valence electrons. The zero-order valence-electron chi connectivity index (χ0n) is 6.20. The first-order chi connectivity index (χ1) is 5.15. The zero-order valence-corrected chi connectivity index (χ0v) is 6.95. The first-order valence-electron chi connectivity index (χ1n) is 3.29. The molecule has 0 aliphatic heterocycles. The Morgan fingerprint density at radius 3 is 2.73 bits per heavy atom. The van der Waals surface area contributed by atoms with E-state index in [0.29, 0.717) is 10.6 Å². The highest BCUT2D eigenvalue weighted by molar-refractivity contribution is 6.32. The third-order valence-electron chi connectivity index (χ3n) is 1.51. The lowest BCUT2D eigenvalue weighted by atomic mass is 10.1. The van der Waals surface area contributed by atoms with Gasteiger partial charge in [0, 0.05) is 11.6 Å². The average molecular weight is 174 g/mol. The highest BCUT2D eigenvalue weighted by atomic mass is 35.5. The number of nitrogens with two attached hydrogens (primary N) is 1. The number of rotatable bonds is 1. The molecule has 0 saturated carbocycles. The third kappa shape index (κ3) is 1.70. The van der Waals surface area contributed by atoms with Crippen molar-refractivity contribution in [2.75, 3.05) is 0 Å². The van der Waals surface area contributed by atoms with Crippen LogP contribution < -0.4 is 5.73 Å². The first-order valence-corrected chi connectivity index (χ1v) is 3.67. The van der Waals surface area contributed by atoms with Gasteiger partial charge in [0.05, 0.1) is 0 Å². The number of aryl methyl sites for hydroxylation is 1. The largest absolute Gasteiger partial charge is 0.326 e. The minimum absolute atomic E-state index is 0.275. The lowest BCUT2D eigenvalue weighted by Crippen LogP contribution is -1.99. The molecule has 3 heteroatoms. The molecule has 0 unspecified atom stereocenters. The maximum atomic E-state index is 12.7. The number of hydrogen-bond donors (Lipinski definition) is 1. The van der Waals surface area contributed by atoms with Crippen molar-refractivity contribution in [1.82, 2.24) is 0 Å². The van der Waals surface area contributed by atoms with Gasteiger partial charge in [-0.05, 0) is 30.2 Å². The molecule has 0 amide bonds. The quantitative estimate of drug-likeness (QED) is 0.693. The highest BCUT2D eigenvalue weighted by Gasteiger charge is 2.03. The summed E-state index contributed by atoms with van der Waals surface area (Å²) in [6.07, 6.45) is 0. The molecule has 1 rings (SSSR count). The molecular weight excluding hydrogens is 165 g/mol. The molecule has 0 atom stereocenters. The Balaban J connectivity index is 3.24. The van der Waals surface area contributed by atoms with E-state index in [9.17, 15) is 4.39 Å². The van der Waals surface area contributed by atoms with Crippen LogP contribution in [0, 0.1) is 12.7 Å². The standard InChI is InChI=1S/C8H9ClFN/c1-5-2-7(10)3-6(4-11)8(5)9/h2-3H,4,11H2,1H3. The van der Waals surface area contributed by atoms with Gasteiger partial charge in [-0.2, -0.15) is 0 Å². The van der Waals surface area contributed by atoms with Crippen LogP contribution in [0.1, 0.15) is 11.1 Å². The second-order valence-corrected chi connectivity index (χ2v) is 2.78. The predicted molar refractivity (Wildman–Crippen MR) is 44.0 cm³/mol. The van der Waals surface area contributed by atoms with E-state index in [4.69, 9.17) is 17.3 Å². The minimum Gasteiger partial charge on any atom is -0.326 e. The van der Waals surface area contributed by atoms with E-state index in [1.54, 1.807) is 6.92 Å². The van der Waals surface area contributed by atoms with Crippen molar-refractivity contribution in [1.29, 1.82) is 0 Å². The van der Waals surface area contributed by atoms with E-state index < -0.39 is 0 Å². The van der Waals surface area contributed by atoms with Crippen molar-refractivity contribution < 1.29 is 4.39 Å². The van der Waals surface area contributed by atoms with Gasteiger partial charge in [0.15, 0.2) is 0 Å². The third-order valence-corrected chi connectivity index (χ3v) is 2.06. The smallest absolute Gasteiger partial charge is 0.123 e. The van der Waals surface area contributed by atoms with Crippen LogP contribution in [0.5, 0.6) is 0 Å². The van der Waals surface area contributed by atoms with Crippen molar-refractivity contribution >= 4 is 11.6 Å². The Morgan fingerprint density at radius 1 is 1.55 bits per heavy atom. The van der Waals surface area contributed by atoms with E-state index in [-0.39, 0.29) is 12.4 Å². The lowest BCUT2D eigenvalue weighted by molar-refractivity contribution is 0.624. The Kier molecular flexibility index (Phi) is 2.47. The normalized spacial score (nSPS) is 10.2. The Hall–Kier alpha value is -0.600. The summed E-state index contributed by atoms with van der Waals surface area (Å²) in [4.78, 5) is 0. The SMILES string of the molecule is Cc1cc(F)cc(CN)c1Cl. The average Bonchev–Trinajstić information content (AvgIpc) is 1.96. The van der Waals surface area contributed by atoms with Crippen molar-refractivity contribution in [2.45, 2.75) is 13.5 Å². The lowest BCUT2D eigenvalue weighted by Gasteiger charge is -2.03. The summed E-state index contributed by atoms with van der Waals surface area (Å²) in [5, 5.41) is 0.564. The van der Waals surface area contributed by atoms with Gasteiger partial charge in [-0.15, -0.1) is 0 Å². The summed E-state index contributed by atoms with van der Waals surface area (Å²) >= 11 is 5.82. The molecule has 0 saturated heterocycles. The Labute approximate surface area is 70.0 Å². The molecule has 1 nitrogen and oxygen atoms in total. The Morgan fingerprint density at radius 2 is 2.18 bits per heavy atom. The van der Waals surface area contributed by atoms with Gasteiger partial charge >= 0.3 is 0 Å². The predicted octanol–water partition coefficient (Wildman–Crippen LogP) is 2.25. The molecule has 0 heterocycles. The molecule has 0 radical (unpaired) electrons. The van der Waals surface area contributed by atoms with Gasteiger partial charge in [0.1, 0.15) is 5.82 Å². The van der Waals surface area contributed by atoms with Crippen LogP contribution in [0.25, 0.3) is 0 Å². The molecule has 0 spiro atoms. The molecule has 2 N–H and O–H groups in total. The minimum atomic E-state index is -0.285. The second-order valence-electron chi connectivity index (χ2n) is 2.40. The van der Waals surface area contributed by atoms with Gasteiger partial charge in [-0.1, -0.05) is 11.6 Å². The van der Waals surface area contributed by atoms with Crippen LogP contribution in [0.3, 0.4) is 0 Å². The monoisotopic (exact) mass is 173 g/mol. The maximum Gasteiger partial charge on any atom is 0.123 e. The van der Waals surface area contributed by atoms with Crippen LogP contribution in [0.15, 0.2) is 12.1 Å². The van der Waals surface area contributed by atoms with Crippen molar-refractivity contribution in [3.8, 4) is 0 Å². The summed E-state index contributed by atoms with van der Waals surface area (Å²) in [7, 11) is 0. The van der Waals surface area contributed by atoms with Gasteiger partial charge in [-0.3, -0.25) is 0 Å². The van der Waals surface area contributed by atoms with Crippen LogP contribution in [0.2, 0.25) is 5.02 Å². The fourth-order valence-electron chi connectivity index (χ4n) is 0.943. The summed E-state index contributed by atoms with van der Waals surface area (Å²) < 4.78 is 12.7.